The molecule has 22 heavy (non-hydrogen) atoms. The van der Waals surface area contributed by atoms with E-state index in [2.05, 4.69) is 9.97 Å². The summed E-state index contributed by atoms with van der Waals surface area (Å²) in [6, 6.07) is 5.56. The molecule has 0 bridgehead atoms. The maximum Gasteiger partial charge on any atom is 0.272 e. The van der Waals surface area contributed by atoms with Crippen LogP contribution in [0.4, 0.5) is 0 Å². The van der Waals surface area contributed by atoms with Crippen molar-refractivity contribution >= 4 is 11.6 Å². The lowest BCUT2D eigenvalue weighted by atomic mass is 10.3. The molecule has 3 aromatic rings. The number of fused-ring (bicyclic) bond motifs is 1. The highest BCUT2D eigenvalue weighted by Gasteiger charge is 2.20. The molecule has 3 heterocycles. The Balaban J connectivity index is 1.91. The number of pyridine rings is 1. The zero-order valence-electron chi connectivity index (χ0n) is 12.3. The monoisotopic (exact) mass is 299 g/mol. The number of imidazole rings is 2. The third-order valence-electron chi connectivity index (χ3n) is 3.55. The molecule has 7 nitrogen and oxygen atoms in total. The summed E-state index contributed by atoms with van der Waals surface area (Å²) >= 11 is 0. The number of aliphatic hydroxyl groups excluding tert-OH is 1. The zero-order valence-corrected chi connectivity index (χ0v) is 12.3. The summed E-state index contributed by atoms with van der Waals surface area (Å²) in [5, 5.41) is 9.25. The second-order valence-electron chi connectivity index (χ2n) is 4.98. The Morgan fingerprint density at radius 3 is 2.91 bits per heavy atom. The molecular weight excluding hydrogens is 282 g/mol. The fourth-order valence-electron chi connectivity index (χ4n) is 2.35. The molecule has 0 unspecified atom stereocenters. The van der Waals surface area contributed by atoms with Gasteiger partial charge in [0.2, 0.25) is 0 Å². The summed E-state index contributed by atoms with van der Waals surface area (Å²) in [7, 11) is 1.87. The van der Waals surface area contributed by atoms with Crippen LogP contribution in [0.1, 0.15) is 16.3 Å². The van der Waals surface area contributed by atoms with E-state index in [4.69, 9.17) is 0 Å². The van der Waals surface area contributed by atoms with E-state index in [0.29, 0.717) is 17.9 Å². The Morgan fingerprint density at radius 2 is 2.18 bits per heavy atom. The summed E-state index contributed by atoms with van der Waals surface area (Å²) in [4.78, 5) is 22.8. The molecule has 0 aromatic carbocycles. The van der Waals surface area contributed by atoms with Crippen molar-refractivity contribution in [3.8, 4) is 0 Å². The number of aryl methyl sites for hydroxylation is 1. The summed E-state index contributed by atoms with van der Waals surface area (Å²) in [5.74, 6) is 0.575. The number of amides is 1. The first kappa shape index (κ1) is 14.3. The smallest absolute Gasteiger partial charge is 0.272 e. The third kappa shape index (κ3) is 2.58. The van der Waals surface area contributed by atoms with Gasteiger partial charge in [0.1, 0.15) is 17.2 Å². The molecule has 1 amide bonds. The molecule has 114 valence electrons. The van der Waals surface area contributed by atoms with Crippen LogP contribution in [-0.2, 0) is 13.6 Å². The Hall–Kier alpha value is -2.67. The Bertz CT molecular complexity index is 792. The van der Waals surface area contributed by atoms with Gasteiger partial charge in [0.05, 0.1) is 19.3 Å². The van der Waals surface area contributed by atoms with Crippen LogP contribution in [0.15, 0.2) is 43.0 Å². The second kappa shape index (κ2) is 5.98. The van der Waals surface area contributed by atoms with Gasteiger partial charge in [0.15, 0.2) is 0 Å². The molecule has 0 spiro atoms. The van der Waals surface area contributed by atoms with E-state index in [-0.39, 0.29) is 19.1 Å². The Labute approximate surface area is 127 Å². The standard InChI is InChI=1S/C15H17N5O2/c1-18-7-5-16-14(18)11-19(8-9-21)15(22)12-10-17-13-4-2-3-6-20(12)13/h2-7,10,21H,8-9,11H2,1H3. The van der Waals surface area contributed by atoms with Gasteiger partial charge in [0.25, 0.3) is 5.91 Å². The molecule has 0 atom stereocenters. The first-order chi connectivity index (χ1) is 10.7. The minimum Gasteiger partial charge on any atom is -0.395 e. The highest BCUT2D eigenvalue weighted by Crippen LogP contribution is 2.11. The average molecular weight is 299 g/mol. The molecule has 0 aliphatic rings. The molecule has 7 heteroatoms. The summed E-state index contributed by atoms with van der Waals surface area (Å²) in [5.41, 5.74) is 1.19. The summed E-state index contributed by atoms with van der Waals surface area (Å²) in [6.45, 7) is 0.474. The van der Waals surface area contributed by atoms with Gasteiger partial charge >= 0.3 is 0 Å². The zero-order chi connectivity index (χ0) is 15.5. The van der Waals surface area contributed by atoms with Crippen molar-refractivity contribution in [2.45, 2.75) is 6.54 Å². The van der Waals surface area contributed by atoms with E-state index in [9.17, 15) is 9.90 Å². The topological polar surface area (TPSA) is 75.7 Å². The number of hydrogen-bond donors (Lipinski definition) is 1. The van der Waals surface area contributed by atoms with Gasteiger partial charge < -0.3 is 14.6 Å². The van der Waals surface area contributed by atoms with E-state index in [1.165, 1.54) is 0 Å². The van der Waals surface area contributed by atoms with Gasteiger partial charge in [0, 0.05) is 32.2 Å². The van der Waals surface area contributed by atoms with Gasteiger partial charge in [-0.25, -0.2) is 9.97 Å². The lowest BCUT2D eigenvalue weighted by Gasteiger charge is -2.21. The number of aliphatic hydroxyl groups is 1. The van der Waals surface area contributed by atoms with Gasteiger partial charge in [-0.3, -0.25) is 9.20 Å². The molecule has 0 aliphatic carbocycles. The van der Waals surface area contributed by atoms with Crippen LogP contribution < -0.4 is 0 Å². The quantitative estimate of drug-likeness (QED) is 0.752. The molecule has 3 aromatic heterocycles. The summed E-state index contributed by atoms with van der Waals surface area (Å²) < 4.78 is 3.59. The second-order valence-corrected chi connectivity index (χ2v) is 4.98. The van der Waals surface area contributed by atoms with Crippen molar-refractivity contribution in [1.29, 1.82) is 0 Å². The number of aromatic nitrogens is 4. The van der Waals surface area contributed by atoms with Gasteiger partial charge in [-0.1, -0.05) is 6.07 Å². The first-order valence-electron chi connectivity index (χ1n) is 6.99. The fourth-order valence-corrected chi connectivity index (χ4v) is 2.35. The van der Waals surface area contributed by atoms with Crippen molar-refractivity contribution in [2.75, 3.05) is 13.2 Å². The average Bonchev–Trinajstić information content (AvgIpc) is 3.13. The predicted octanol–water partition coefficient (Wildman–Crippen LogP) is 0.702. The van der Waals surface area contributed by atoms with Crippen molar-refractivity contribution in [1.82, 2.24) is 23.8 Å². The van der Waals surface area contributed by atoms with Crippen LogP contribution in [0.5, 0.6) is 0 Å². The highest BCUT2D eigenvalue weighted by atomic mass is 16.3. The van der Waals surface area contributed by atoms with Crippen molar-refractivity contribution < 1.29 is 9.90 Å². The van der Waals surface area contributed by atoms with Crippen LogP contribution >= 0.6 is 0 Å². The number of hydrogen-bond acceptors (Lipinski definition) is 4. The van der Waals surface area contributed by atoms with Crippen LogP contribution in [-0.4, -0.2) is 48.0 Å². The molecule has 0 radical (unpaired) electrons. The molecule has 0 fully saturated rings. The van der Waals surface area contributed by atoms with Gasteiger partial charge in [-0.2, -0.15) is 0 Å². The van der Waals surface area contributed by atoms with E-state index < -0.39 is 0 Å². The maximum absolute atomic E-state index is 12.8. The lowest BCUT2D eigenvalue weighted by molar-refractivity contribution is 0.0694. The fraction of sp³-hybridized carbons (Fsp3) is 0.267. The van der Waals surface area contributed by atoms with Crippen molar-refractivity contribution in [3.63, 3.8) is 0 Å². The molecule has 0 saturated carbocycles. The van der Waals surface area contributed by atoms with Crippen molar-refractivity contribution in [2.24, 2.45) is 7.05 Å². The number of carbonyl (C=O) groups excluding carboxylic acids is 1. The maximum atomic E-state index is 12.8. The summed E-state index contributed by atoms with van der Waals surface area (Å²) in [6.07, 6.45) is 6.87. The molecular formula is C15H17N5O2. The first-order valence-corrected chi connectivity index (χ1v) is 6.99. The van der Waals surface area contributed by atoms with Crippen LogP contribution in [0.3, 0.4) is 0 Å². The molecule has 3 rings (SSSR count). The van der Waals surface area contributed by atoms with Crippen LogP contribution in [0.2, 0.25) is 0 Å². The van der Waals surface area contributed by atoms with Crippen molar-refractivity contribution in [3.05, 3.63) is 54.5 Å². The number of nitrogens with zero attached hydrogens (tertiary/aromatic N) is 5. The largest absolute Gasteiger partial charge is 0.395 e. The Morgan fingerprint density at radius 1 is 1.32 bits per heavy atom. The number of carbonyl (C=O) groups is 1. The molecule has 1 N–H and O–H groups in total. The normalized spacial score (nSPS) is 11.0. The Kier molecular flexibility index (Phi) is 3.88. The van der Waals surface area contributed by atoms with E-state index in [1.54, 1.807) is 27.9 Å². The lowest BCUT2D eigenvalue weighted by Crippen LogP contribution is -2.34. The SMILES string of the molecule is Cn1ccnc1CN(CCO)C(=O)c1cnc2ccccn12. The third-order valence-corrected chi connectivity index (χ3v) is 3.55. The molecule has 0 saturated heterocycles. The minimum absolute atomic E-state index is 0.104. The van der Waals surface area contributed by atoms with E-state index >= 15 is 0 Å². The number of rotatable bonds is 5. The van der Waals surface area contributed by atoms with E-state index in [1.807, 2.05) is 36.0 Å². The van der Waals surface area contributed by atoms with Gasteiger partial charge in [-0.05, 0) is 12.1 Å². The molecule has 0 aliphatic heterocycles. The van der Waals surface area contributed by atoms with Crippen LogP contribution in [0.25, 0.3) is 5.65 Å². The van der Waals surface area contributed by atoms with E-state index in [0.717, 1.165) is 5.82 Å². The minimum atomic E-state index is -0.184. The van der Waals surface area contributed by atoms with Crippen LogP contribution in [0, 0.1) is 0 Å². The predicted molar refractivity (Wildman–Crippen MR) is 80.2 cm³/mol. The van der Waals surface area contributed by atoms with Gasteiger partial charge in [-0.15, -0.1) is 0 Å². The highest BCUT2D eigenvalue weighted by molar-refractivity contribution is 5.93.